The van der Waals surface area contributed by atoms with Gasteiger partial charge in [-0.25, -0.2) is 14.3 Å². The molecule has 0 aliphatic rings. The lowest BCUT2D eigenvalue weighted by atomic mass is 10.2. The minimum absolute atomic E-state index is 0.258. The van der Waals surface area contributed by atoms with E-state index in [1.54, 1.807) is 16.9 Å². The second-order valence-corrected chi connectivity index (χ2v) is 4.83. The van der Waals surface area contributed by atoms with Crippen LogP contribution in [0.25, 0.3) is 11.7 Å². The van der Waals surface area contributed by atoms with Crippen molar-refractivity contribution >= 4 is 17.8 Å². The van der Waals surface area contributed by atoms with Crippen LogP contribution in [0.15, 0.2) is 61.1 Å². The van der Waals surface area contributed by atoms with Gasteiger partial charge in [-0.1, -0.05) is 42.5 Å². The molecule has 116 valence electrons. The zero-order valence-corrected chi connectivity index (χ0v) is 12.4. The monoisotopic (exact) mass is 308 g/mol. The normalized spacial score (nSPS) is 11.0. The molecule has 0 atom stereocenters. The Morgan fingerprint density at radius 3 is 3.00 bits per heavy atom. The Morgan fingerprint density at radius 2 is 2.13 bits per heavy atom. The quantitative estimate of drug-likeness (QED) is 0.787. The fourth-order valence-electron chi connectivity index (χ4n) is 2.07. The van der Waals surface area contributed by atoms with Gasteiger partial charge in [0.25, 0.3) is 0 Å². The molecule has 23 heavy (non-hydrogen) atoms. The van der Waals surface area contributed by atoms with Crippen LogP contribution >= 0.6 is 0 Å². The summed E-state index contributed by atoms with van der Waals surface area (Å²) in [6.45, 7) is 0.631. The number of carbonyl (C=O) groups excluding carboxylic acids is 1. The Morgan fingerprint density at radius 1 is 1.26 bits per heavy atom. The second-order valence-electron chi connectivity index (χ2n) is 4.83. The molecule has 0 unspecified atom stereocenters. The van der Waals surface area contributed by atoms with Crippen LogP contribution in [0.2, 0.25) is 0 Å². The summed E-state index contributed by atoms with van der Waals surface area (Å²) in [4.78, 5) is 15.8. The number of nitrogens with zero attached hydrogens (tertiary/aromatic N) is 3. The van der Waals surface area contributed by atoms with Gasteiger partial charge in [-0.05, 0) is 11.6 Å². The molecule has 6 heteroatoms. The molecule has 0 aliphatic carbocycles. The SMILES string of the molecule is O=C(NCC=Cc1cnn2cccnc12)OCc1ccccc1. The molecule has 0 saturated heterocycles. The predicted molar refractivity (Wildman–Crippen MR) is 86.7 cm³/mol. The standard InChI is InChI=1S/C17H16N4O2/c22-17(23-13-14-6-2-1-3-7-14)19-9-4-8-15-12-20-21-11-5-10-18-16(15)21/h1-8,10-12H,9,13H2,(H,19,22). The summed E-state index contributed by atoms with van der Waals surface area (Å²) in [5.74, 6) is 0. The lowest BCUT2D eigenvalue weighted by Gasteiger charge is -2.05. The molecule has 2 aromatic heterocycles. The number of rotatable bonds is 5. The van der Waals surface area contributed by atoms with Crippen molar-refractivity contribution in [3.63, 3.8) is 0 Å². The van der Waals surface area contributed by atoms with Crippen molar-refractivity contribution in [3.8, 4) is 0 Å². The van der Waals surface area contributed by atoms with Crippen molar-refractivity contribution in [2.24, 2.45) is 0 Å². The maximum Gasteiger partial charge on any atom is 0.407 e. The highest BCUT2D eigenvalue weighted by atomic mass is 16.5. The van der Waals surface area contributed by atoms with Crippen molar-refractivity contribution in [3.05, 3.63) is 72.2 Å². The minimum Gasteiger partial charge on any atom is -0.445 e. The maximum atomic E-state index is 11.6. The minimum atomic E-state index is -0.448. The second kappa shape index (κ2) is 7.22. The summed E-state index contributed by atoms with van der Waals surface area (Å²) in [6, 6.07) is 11.4. The van der Waals surface area contributed by atoms with E-state index in [1.807, 2.05) is 54.7 Å². The van der Waals surface area contributed by atoms with Gasteiger partial charge in [0.15, 0.2) is 5.65 Å². The highest BCUT2D eigenvalue weighted by molar-refractivity contribution is 5.68. The van der Waals surface area contributed by atoms with Crippen LogP contribution < -0.4 is 5.32 Å². The molecule has 1 amide bonds. The summed E-state index contributed by atoms with van der Waals surface area (Å²) < 4.78 is 6.82. The van der Waals surface area contributed by atoms with E-state index in [4.69, 9.17) is 4.74 Å². The highest BCUT2D eigenvalue weighted by Gasteiger charge is 2.02. The fourth-order valence-corrected chi connectivity index (χ4v) is 2.07. The van der Waals surface area contributed by atoms with Crippen molar-refractivity contribution in [1.29, 1.82) is 0 Å². The average Bonchev–Trinajstić information content (AvgIpc) is 3.01. The topological polar surface area (TPSA) is 68.5 Å². The van der Waals surface area contributed by atoms with Gasteiger partial charge in [-0.15, -0.1) is 0 Å². The Kier molecular flexibility index (Phi) is 4.63. The molecule has 0 radical (unpaired) electrons. The number of hydrogen-bond donors (Lipinski definition) is 1. The number of hydrogen-bond acceptors (Lipinski definition) is 4. The Labute approximate surface area is 133 Å². The van der Waals surface area contributed by atoms with Crippen molar-refractivity contribution in [1.82, 2.24) is 19.9 Å². The van der Waals surface area contributed by atoms with Crippen molar-refractivity contribution < 1.29 is 9.53 Å². The van der Waals surface area contributed by atoms with Gasteiger partial charge in [0, 0.05) is 24.5 Å². The first-order valence-corrected chi connectivity index (χ1v) is 7.22. The largest absolute Gasteiger partial charge is 0.445 e. The molecular weight excluding hydrogens is 292 g/mol. The summed E-state index contributed by atoms with van der Waals surface area (Å²) in [7, 11) is 0. The van der Waals surface area contributed by atoms with Crippen molar-refractivity contribution in [2.75, 3.05) is 6.54 Å². The Balaban J connectivity index is 1.46. The molecular formula is C17H16N4O2. The van der Waals surface area contributed by atoms with Gasteiger partial charge in [-0.3, -0.25) is 0 Å². The molecule has 1 aromatic carbocycles. The van der Waals surface area contributed by atoms with Crippen LogP contribution in [0.3, 0.4) is 0 Å². The van der Waals surface area contributed by atoms with E-state index in [2.05, 4.69) is 15.4 Å². The van der Waals surface area contributed by atoms with Crippen LogP contribution in [0, 0.1) is 0 Å². The maximum absolute atomic E-state index is 11.6. The predicted octanol–water partition coefficient (Wildman–Crippen LogP) is 2.67. The van der Waals surface area contributed by atoms with Gasteiger partial charge in [0.1, 0.15) is 6.61 Å². The van der Waals surface area contributed by atoms with Crippen LogP contribution in [0.1, 0.15) is 11.1 Å². The zero-order chi connectivity index (χ0) is 15.9. The Hall–Kier alpha value is -3.15. The molecule has 2 heterocycles. The smallest absolute Gasteiger partial charge is 0.407 e. The summed E-state index contributed by atoms with van der Waals surface area (Å²) in [5, 5.41) is 6.85. The van der Waals surface area contributed by atoms with Gasteiger partial charge in [0.2, 0.25) is 0 Å². The van der Waals surface area contributed by atoms with E-state index < -0.39 is 6.09 Å². The van der Waals surface area contributed by atoms with Crippen LogP contribution in [0.5, 0.6) is 0 Å². The van der Waals surface area contributed by atoms with E-state index in [-0.39, 0.29) is 6.61 Å². The van der Waals surface area contributed by atoms with E-state index in [0.717, 1.165) is 16.8 Å². The molecule has 1 N–H and O–H groups in total. The number of amides is 1. The molecule has 0 saturated carbocycles. The molecule has 3 aromatic rings. The summed E-state index contributed by atoms with van der Waals surface area (Å²) >= 11 is 0. The average molecular weight is 308 g/mol. The van der Waals surface area contributed by atoms with Crippen LogP contribution in [0.4, 0.5) is 4.79 Å². The first-order chi connectivity index (χ1) is 11.3. The highest BCUT2D eigenvalue weighted by Crippen LogP contribution is 2.08. The van der Waals surface area contributed by atoms with Gasteiger partial charge in [0.05, 0.1) is 6.20 Å². The zero-order valence-electron chi connectivity index (χ0n) is 12.4. The van der Waals surface area contributed by atoms with Gasteiger partial charge in [-0.2, -0.15) is 5.10 Å². The summed E-state index contributed by atoms with van der Waals surface area (Å²) in [5.41, 5.74) is 2.62. The van der Waals surface area contributed by atoms with Gasteiger partial charge < -0.3 is 10.1 Å². The van der Waals surface area contributed by atoms with Crippen LogP contribution in [-0.2, 0) is 11.3 Å². The molecule has 3 rings (SSSR count). The molecule has 6 nitrogen and oxygen atoms in total. The number of ether oxygens (including phenoxy) is 1. The van der Waals surface area contributed by atoms with E-state index in [0.29, 0.717) is 6.54 Å². The number of carbonyl (C=O) groups is 1. The molecule has 0 aliphatic heterocycles. The van der Waals surface area contributed by atoms with E-state index in [1.165, 1.54) is 0 Å². The van der Waals surface area contributed by atoms with E-state index in [9.17, 15) is 4.79 Å². The number of aromatic nitrogens is 3. The first-order valence-electron chi connectivity index (χ1n) is 7.22. The Bertz CT molecular complexity index is 812. The number of alkyl carbamates (subject to hydrolysis) is 1. The third kappa shape index (κ3) is 3.94. The molecule has 0 fully saturated rings. The lowest BCUT2D eigenvalue weighted by Crippen LogP contribution is -2.24. The molecule has 0 bridgehead atoms. The third-order valence-electron chi connectivity index (χ3n) is 3.18. The number of fused-ring (bicyclic) bond motifs is 1. The van der Waals surface area contributed by atoms with E-state index >= 15 is 0 Å². The summed E-state index contributed by atoms with van der Waals surface area (Å²) in [6.07, 6.45) is 8.53. The van der Waals surface area contributed by atoms with Gasteiger partial charge >= 0.3 is 6.09 Å². The van der Waals surface area contributed by atoms with Crippen molar-refractivity contribution in [2.45, 2.75) is 6.61 Å². The fraction of sp³-hybridized carbons (Fsp3) is 0.118. The number of benzene rings is 1. The third-order valence-corrected chi connectivity index (χ3v) is 3.18. The number of nitrogens with one attached hydrogen (secondary N) is 1. The lowest BCUT2D eigenvalue weighted by molar-refractivity contribution is 0.141. The van der Waals surface area contributed by atoms with Crippen LogP contribution in [-0.4, -0.2) is 27.2 Å². The molecule has 0 spiro atoms. The first kappa shape index (κ1) is 14.8.